The van der Waals surface area contributed by atoms with Crippen LogP contribution >= 0.6 is 0 Å². The second-order valence-corrected chi connectivity index (χ2v) is 3.48. The van der Waals surface area contributed by atoms with Crippen molar-refractivity contribution in [3.63, 3.8) is 0 Å². The topological polar surface area (TPSA) is 47.0 Å². The van der Waals surface area contributed by atoms with Crippen LogP contribution in [0.25, 0.3) is 0 Å². The zero-order chi connectivity index (χ0) is 12.3. The Labute approximate surface area is 98.5 Å². The van der Waals surface area contributed by atoms with Crippen LogP contribution in [-0.4, -0.2) is 17.0 Å². The number of hydrogen-bond donors (Lipinski definition) is 1. The van der Waals surface area contributed by atoms with Gasteiger partial charge in [-0.2, -0.15) is 4.98 Å². The quantitative estimate of drug-likeness (QED) is 0.885. The first-order chi connectivity index (χ1) is 8.19. The van der Waals surface area contributed by atoms with Crippen molar-refractivity contribution in [2.45, 2.75) is 6.92 Å². The maximum Gasteiger partial charge on any atom is 0.225 e. The van der Waals surface area contributed by atoms with Crippen LogP contribution in [0, 0.1) is 12.7 Å². The average molecular weight is 233 g/mol. The summed E-state index contributed by atoms with van der Waals surface area (Å²) >= 11 is 0. The Morgan fingerprint density at radius 2 is 2.12 bits per heavy atom. The van der Waals surface area contributed by atoms with E-state index in [-0.39, 0.29) is 5.82 Å². The van der Waals surface area contributed by atoms with Gasteiger partial charge in [-0.25, -0.2) is 9.37 Å². The summed E-state index contributed by atoms with van der Waals surface area (Å²) < 4.78 is 18.6. The molecule has 4 nitrogen and oxygen atoms in total. The number of aryl methyl sites for hydroxylation is 1. The fourth-order valence-corrected chi connectivity index (χ4v) is 1.32. The van der Waals surface area contributed by atoms with Gasteiger partial charge < -0.3 is 10.1 Å². The van der Waals surface area contributed by atoms with Gasteiger partial charge in [-0.05, 0) is 18.6 Å². The standard InChI is InChI=1S/C12H12FN3O/c1-8-3-4-9(13)7-10(8)17-11-5-6-15-12(14-2)16-11/h3-7H,1-2H3,(H,14,15,16). The monoisotopic (exact) mass is 233 g/mol. The Kier molecular flexibility index (Phi) is 3.18. The third kappa shape index (κ3) is 2.69. The van der Waals surface area contributed by atoms with Crippen LogP contribution in [0.4, 0.5) is 10.3 Å². The number of hydrogen-bond acceptors (Lipinski definition) is 4. The Hall–Kier alpha value is -2.17. The Bertz CT molecular complexity index is 531. The molecule has 0 bridgehead atoms. The number of nitrogens with zero attached hydrogens (tertiary/aromatic N) is 2. The maximum absolute atomic E-state index is 13.1. The number of rotatable bonds is 3. The minimum absolute atomic E-state index is 0.339. The Morgan fingerprint density at radius 1 is 1.29 bits per heavy atom. The van der Waals surface area contributed by atoms with E-state index in [1.165, 1.54) is 12.1 Å². The summed E-state index contributed by atoms with van der Waals surface area (Å²) in [5, 5.41) is 2.80. The third-order valence-electron chi connectivity index (χ3n) is 2.22. The van der Waals surface area contributed by atoms with Crippen molar-refractivity contribution in [3.05, 3.63) is 41.8 Å². The molecule has 1 aromatic carbocycles. The summed E-state index contributed by atoms with van der Waals surface area (Å²) in [5.74, 6) is 0.939. The van der Waals surface area contributed by atoms with Crippen LogP contribution < -0.4 is 10.1 Å². The van der Waals surface area contributed by atoms with Crippen LogP contribution in [0.15, 0.2) is 30.5 Å². The molecule has 0 saturated heterocycles. The first kappa shape index (κ1) is 11.3. The molecule has 1 N–H and O–H groups in total. The molecular weight excluding hydrogens is 221 g/mol. The maximum atomic E-state index is 13.1. The molecule has 0 atom stereocenters. The van der Waals surface area contributed by atoms with E-state index < -0.39 is 0 Å². The number of aromatic nitrogens is 2. The van der Waals surface area contributed by atoms with Gasteiger partial charge in [-0.3, -0.25) is 0 Å². The van der Waals surface area contributed by atoms with E-state index in [9.17, 15) is 4.39 Å². The number of nitrogens with one attached hydrogen (secondary N) is 1. The lowest BCUT2D eigenvalue weighted by atomic mass is 10.2. The minimum atomic E-state index is -0.339. The fourth-order valence-electron chi connectivity index (χ4n) is 1.32. The van der Waals surface area contributed by atoms with Crippen LogP contribution in [0.2, 0.25) is 0 Å². The van der Waals surface area contributed by atoms with E-state index in [0.717, 1.165) is 5.56 Å². The number of halogens is 1. The van der Waals surface area contributed by atoms with E-state index in [0.29, 0.717) is 17.6 Å². The lowest BCUT2D eigenvalue weighted by Crippen LogP contribution is -1.98. The summed E-state index contributed by atoms with van der Waals surface area (Å²) in [6.45, 7) is 1.84. The van der Waals surface area contributed by atoms with Crippen molar-refractivity contribution >= 4 is 5.95 Å². The molecule has 0 spiro atoms. The lowest BCUT2D eigenvalue weighted by molar-refractivity contribution is 0.454. The lowest BCUT2D eigenvalue weighted by Gasteiger charge is -2.08. The van der Waals surface area contributed by atoms with Crippen LogP contribution in [-0.2, 0) is 0 Å². The number of ether oxygens (including phenoxy) is 1. The van der Waals surface area contributed by atoms with Crippen molar-refractivity contribution in [1.82, 2.24) is 9.97 Å². The zero-order valence-corrected chi connectivity index (χ0v) is 9.57. The van der Waals surface area contributed by atoms with Crippen LogP contribution in [0.3, 0.4) is 0 Å². The molecule has 0 aliphatic carbocycles. The highest BCUT2D eigenvalue weighted by Crippen LogP contribution is 2.24. The van der Waals surface area contributed by atoms with E-state index >= 15 is 0 Å². The van der Waals surface area contributed by atoms with Gasteiger partial charge in [0, 0.05) is 25.4 Å². The van der Waals surface area contributed by atoms with E-state index in [1.807, 2.05) is 6.92 Å². The van der Waals surface area contributed by atoms with Gasteiger partial charge in [-0.15, -0.1) is 0 Å². The van der Waals surface area contributed by atoms with Gasteiger partial charge in [0.2, 0.25) is 11.8 Å². The molecule has 0 aliphatic heterocycles. The van der Waals surface area contributed by atoms with Gasteiger partial charge in [0.1, 0.15) is 11.6 Å². The smallest absolute Gasteiger partial charge is 0.225 e. The highest BCUT2D eigenvalue weighted by atomic mass is 19.1. The van der Waals surface area contributed by atoms with Crippen LogP contribution in [0.1, 0.15) is 5.56 Å². The number of anilines is 1. The van der Waals surface area contributed by atoms with Gasteiger partial charge in [-0.1, -0.05) is 6.07 Å². The van der Waals surface area contributed by atoms with E-state index in [2.05, 4.69) is 15.3 Å². The molecule has 1 heterocycles. The fraction of sp³-hybridized carbons (Fsp3) is 0.167. The summed E-state index contributed by atoms with van der Waals surface area (Å²) in [6, 6.07) is 5.99. The first-order valence-corrected chi connectivity index (χ1v) is 5.14. The molecule has 5 heteroatoms. The summed E-state index contributed by atoms with van der Waals surface area (Å²) in [7, 11) is 1.71. The van der Waals surface area contributed by atoms with Crippen molar-refractivity contribution in [1.29, 1.82) is 0 Å². The second kappa shape index (κ2) is 4.78. The molecule has 2 rings (SSSR count). The van der Waals surface area contributed by atoms with Gasteiger partial charge in [0.15, 0.2) is 0 Å². The van der Waals surface area contributed by atoms with Crippen LogP contribution in [0.5, 0.6) is 11.6 Å². The molecule has 0 amide bonds. The Morgan fingerprint density at radius 3 is 2.88 bits per heavy atom. The van der Waals surface area contributed by atoms with Gasteiger partial charge in [0.05, 0.1) is 0 Å². The van der Waals surface area contributed by atoms with Crippen molar-refractivity contribution < 1.29 is 9.13 Å². The molecule has 17 heavy (non-hydrogen) atoms. The molecule has 0 radical (unpaired) electrons. The molecule has 0 unspecified atom stereocenters. The second-order valence-electron chi connectivity index (χ2n) is 3.48. The largest absolute Gasteiger partial charge is 0.438 e. The molecule has 0 aliphatic rings. The molecule has 88 valence electrons. The molecule has 0 fully saturated rings. The SMILES string of the molecule is CNc1nccc(Oc2cc(F)ccc2C)n1. The molecule has 1 aromatic heterocycles. The van der Waals surface area contributed by atoms with E-state index in [4.69, 9.17) is 4.74 Å². The highest BCUT2D eigenvalue weighted by Gasteiger charge is 2.05. The van der Waals surface area contributed by atoms with E-state index in [1.54, 1.807) is 25.4 Å². The summed E-state index contributed by atoms with van der Waals surface area (Å²) in [5.41, 5.74) is 0.844. The third-order valence-corrected chi connectivity index (χ3v) is 2.22. The molecule has 2 aromatic rings. The molecule has 0 saturated carbocycles. The first-order valence-electron chi connectivity index (χ1n) is 5.14. The highest BCUT2D eigenvalue weighted by molar-refractivity contribution is 5.36. The minimum Gasteiger partial charge on any atom is -0.438 e. The van der Waals surface area contributed by atoms with Gasteiger partial charge in [0.25, 0.3) is 0 Å². The predicted molar refractivity (Wildman–Crippen MR) is 62.8 cm³/mol. The van der Waals surface area contributed by atoms with Gasteiger partial charge >= 0.3 is 0 Å². The summed E-state index contributed by atoms with van der Waals surface area (Å²) in [6.07, 6.45) is 1.57. The summed E-state index contributed by atoms with van der Waals surface area (Å²) in [4.78, 5) is 8.05. The van der Waals surface area contributed by atoms with Crippen molar-refractivity contribution in [3.8, 4) is 11.6 Å². The average Bonchev–Trinajstić information content (AvgIpc) is 2.34. The molecular formula is C12H12FN3O. The Balaban J connectivity index is 2.27. The van der Waals surface area contributed by atoms with Crippen molar-refractivity contribution in [2.24, 2.45) is 0 Å². The predicted octanol–water partition coefficient (Wildman–Crippen LogP) is 2.76. The van der Waals surface area contributed by atoms with Crippen molar-refractivity contribution in [2.75, 3.05) is 12.4 Å². The normalized spacial score (nSPS) is 10.1. The number of benzene rings is 1. The zero-order valence-electron chi connectivity index (χ0n) is 9.57.